The van der Waals surface area contributed by atoms with Gasteiger partial charge in [-0.3, -0.25) is 0 Å². The van der Waals surface area contributed by atoms with Gasteiger partial charge in [-0.05, 0) is 54.2 Å². The van der Waals surface area contributed by atoms with Gasteiger partial charge in [0.25, 0.3) is 0 Å². The van der Waals surface area contributed by atoms with Crippen LogP contribution in [-0.2, 0) is 0 Å². The zero-order chi connectivity index (χ0) is 10.3. The summed E-state index contributed by atoms with van der Waals surface area (Å²) in [5.41, 5.74) is 0. The number of aromatic nitrogens is 2. The van der Waals surface area contributed by atoms with Gasteiger partial charge in [0.05, 0.1) is 3.57 Å². The van der Waals surface area contributed by atoms with E-state index in [4.69, 9.17) is 0 Å². The molecule has 2 fully saturated rings. The number of anilines is 1. The summed E-state index contributed by atoms with van der Waals surface area (Å²) in [6.07, 6.45) is 9.07. The van der Waals surface area contributed by atoms with E-state index in [1.54, 1.807) is 6.33 Å². The summed E-state index contributed by atoms with van der Waals surface area (Å²) in [6.45, 7) is 1.21. The molecule has 0 amide bonds. The number of rotatable bonds is 4. The van der Waals surface area contributed by atoms with E-state index in [9.17, 15) is 0 Å². The first-order valence-corrected chi connectivity index (χ1v) is 6.64. The molecular weight excluding hydrogens is 301 g/mol. The van der Waals surface area contributed by atoms with Crippen LogP contribution in [0.4, 0.5) is 5.82 Å². The van der Waals surface area contributed by atoms with E-state index < -0.39 is 0 Å². The smallest absolute Gasteiger partial charge is 0.145 e. The van der Waals surface area contributed by atoms with Crippen molar-refractivity contribution in [3.8, 4) is 0 Å². The van der Waals surface area contributed by atoms with Crippen LogP contribution in [0.2, 0.25) is 0 Å². The van der Waals surface area contributed by atoms with E-state index in [1.807, 2.05) is 6.20 Å². The van der Waals surface area contributed by atoms with Gasteiger partial charge < -0.3 is 4.90 Å². The molecule has 0 saturated heterocycles. The summed E-state index contributed by atoms with van der Waals surface area (Å²) < 4.78 is 1.18. The highest BCUT2D eigenvalue weighted by molar-refractivity contribution is 14.1. The molecule has 0 radical (unpaired) electrons. The first-order chi connectivity index (χ1) is 7.34. The Bertz CT molecular complexity index is 361. The second-order valence-electron chi connectivity index (χ2n) is 4.52. The lowest BCUT2D eigenvalue weighted by atomic mass is 10.3. The average molecular weight is 315 g/mol. The number of hydrogen-bond donors (Lipinski definition) is 0. The van der Waals surface area contributed by atoms with Crippen LogP contribution < -0.4 is 4.90 Å². The fourth-order valence-electron chi connectivity index (χ4n) is 1.89. The maximum Gasteiger partial charge on any atom is 0.145 e. The molecule has 0 aliphatic heterocycles. The molecule has 3 nitrogen and oxygen atoms in total. The lowest BCUT2D eigenvalue weighted by molar-refractivity contribution is 0.705. The molecule has 2 aliphatic carbocycles. The molecule has 0 N–H and O–H groups in total. The Kier molecular flexibility index (Phi) is 2.54. The largest absolute Gasteiger partial charge is 0.352 e. The zero-order valence-corrected chi connectivity index (χ0v) is 10.7. The van der Waals surface area contributed by atoms with Gasteiger partial charge >= 0.3 is 0 Å². The number of hydrogen-bond acceptors (Lipinski definition) is 3. The molecule has 2 aliphatic rings. The molecule has 0 aromatic carbocycles. The van der Waals surface area contributed by atoms with Crippen molar-refractivity contribution in [1.29, 1.82) is 0 Å². The Labute approximate surface area is 103 Å². The molecule has 1 aromatic heterocycles. The molecule has 0 atom stereocenters. The van der Waals surface area contributed by atoms with Crippen molar-refractivity contribution >= 4 is 28.4 Å². The molecule has 2 saturated carbocycles. The van der Waals surface area contributed by atoms with Crippen LogP contribution in [0.25, 0.3) is 0 Å². The lowest BCUT2D eigenvalue weighted by Gasteiger charge is -2.24. The maximum absolute atomic E-state index is 4.43. The third-order valence-corrected chi connectivity index (χ3v) is 3.82. The first kappa shape index (κ1) is 9.81. The standard InChI is InChI=1S/C11H14IN3/c12-10-5-13-7-14-11(10)15(9-3-4-9)6-8-1-2-8/h5,7-9H,1-4,6H2. The van der Waals surface area contributed by atoms with E-state index in [0.29, 0.717) is 0 Å². The molecule has 4 heteroatoms. The van der Waals surface area contributed by atoms with E-state index >= 15 is 0 Å². The van der Waals surface area contributed by atoms with Gasteiger partial charge in [0.15, 0.2) is 0 Å². The van der Waals surface area contributed by atoms with Crippen molar-refractivity contribution < 1.29 is 0 Å². The zero-order valence-electron chi connectivity index (χ0n) is 8.56. The summed E-state index contributed by atoms with van der Waals surface area (Å²) in [6, 6.07) is 0.758. The van der Waals surface area contributed by atoms with Gasteiger partial charge in [-0.25, -0.2) is 9.97 Å². The molecule has 15 heavy (non-hydrogen) atoms. The SMILES string of the molecule is Ic1cncnc1N(CC1CC1)C1CC1. The van der Waals surface area contributed by atoms with Crippen molar-refractivity contribution in [3.05, 3.63) is 16.1 Å². The van der Waals surface area contributed by atoms with Gasteiger partial charge in [-0.2, -0.15) is 0 Å². The fourth-order valence-corrected chi connectivity index (χ4v) is 2.50. The second-order valence-corrected chi connectivity index (χ2v) is 5.68. The summed E-state index contributed by atoms with van der Waals surface area (Å²) >= 11 is 2.34. The highest BCUT2D eigenvalue weighted by Gasteiger charge is 2.35. The van der Waals surface area contributed by atoms with Crippen molar-refractivity contribution in [1.82, 2.24) is 9.97 Å². The Morgan fingerprint density at radius 1 is 1.33 bits per heavy atom. The van der Waals surface area contributed by atoms with Crippen molar-refractivity contribution in [3.63, 3.8) is 0 Å². The molecule has 0 spiro atoms. The number of halogens is 1. The highest BCUT2D eigenvalue weighted by Crippen LogP contribution is 2.37. The normalized spacial score (nSPS) is 20.3. The molecular formula is C11H14IN3. The maximum atomic E-state index is 4.43. The van der Waals surface area contributed by atoms with Gasteiger partial charge in [-0.15, -0.1) is 0 Å². The van der Waals surface area contributed by atoms with Gasteiger partial charge in [-0.1, -0.05) is 0 Å². The Hall–Kier alpha value is -0.390. The predicted molar refractivity (Wildman–Crippen MR) is 67.8 cm³/mol. The molecule has 3 rings (SSSR count). The van der Waals surface area contributed by atoms with Crippen LogP contribution in [-0.4, -0.2) is 22.6 Å². The fraction of sp³-hybridized carbons (Fsp3) is 0.636. The minimum Gasteiger partial charge on any atom is -0.352 e. The second kappa shape index (κ2) is 3.88. The van der Waals surface area contributed by atoms with Crippen LogP contribution in [0.5, 0.6) is 0 Å². The summed E-state index contributed by atoms with van der Waals surface area (Å²) in [7, 11) is 0. The topological polar surface area (TPSA) is 29.0 Å². The minimum absolute atomic E-state index is 0.758. The van der Waals surface area contributed by atoms with Gasteiger partial charge in [0.2, 0.25) is 0 Å². The van der Waals surface area contributed by atoms with Crippen molar-refractivity contribution in [2.75, 3.05) is 11.4 Å². The van der Waals surface area contributed by atoms with Crippen LogP contribution in [0.1, 0.15) is 25.7 Å². The first-order valence-electron chi connectivity index (χ1n) is 5.57. The third-order valence-electron chi connectivity index (χ3n) is 3.06. The van der Waals surface area contributed by atoms with Gasteiger partial charge in [0.1, 0.15) is 12.1 Å². The monoisotopic (exact) mass is 315 g/mol. The Balaban J connectivity index is 1.83. The summed E-state index contributed by atoms with van der Waals surface area (Å²) in [5.74, 6) is 2.08. The van der Waals surface area contributed by atoms with Crippen LogP contribution in [0.3, 0.4) is 0 Å². The predicted octanol–water partition coefficient (Wildman–Crippen LogP) is 2.46. The quantitative estimate of drug-likeness (QED) is 0.799. The summed E-state index contributed by atoms with van der Waals surface area (Å²) in [5, 5.41) is 0. The molecule has 1 heterocycles. The van der Waals surface area contributed by atoms with Crippen LogP contribution in [0.15, 0.2) is 12.5 Å². The van der Waals surface area contributed by atoms with Crippen LogP contribution in [0, 0.1) is 9.49 Å². The van der Waals surface area contributed by atoms with Crippen molar-refractivity contribution in [2.24, 2.45) is 5.92 Å². The Morgan fingerprint density at radius 2 is 2.13 bits per heavy atom. The highest BCUT2D eigenvalue weighted by atomic mass is 127. The third kappa shape index (κ3) is 2.24. The molecule has 80 valence electrons. The van der Waals surface area contributed by atoms with E-state index in [2.05, 4.69) is 37.5 Å². The minimum atomic E-state index is 0.758. The van der Waals surface area contributed by atoms with E-state index in [1.165, 1.54) is 35.8 Å². The molecule has 0 bridgehead atoms. The number of nitrogens with zero attached hydrogens (tertiary/aromatic N) is 3. The van der Waals surface area contributed by atoms with Gasteiger partial charge in [0, 0.05) is 18.8 Å². The van der Waals surface area contributed by atoms with E-state index in [-0.39, 0.29) is 0 Å². The molecule has 0 unspecified atom stereocenters. The Morgan fingerprint density at radius 3 is 2.73 bits per heavy atom. The van der Waals surface area contributed by atoms with Crippen LogP contribution >= 0.6 is 22.6 Å². The lowest BCUT2D eigenvalue weighted by Crippen LogP contribution is -2.29. The van der Waals surface area contributed by atoms with E-state index in [0.717, 1.165) is 17.8 Å². The molecule has 1 aromatic rings. The average Bonchev–Trinajstić information content (AvgIpc) is 3.10. The summed E-state index contributed by atoms with van der Waals surface area (Å²) in [4.78, 5) is 11.0. The van der Waals surface area contributed by atoms with Crippen molar-refractivity contribution in [2.45, 2.75) is 31.7 Å².